The molecule has 1 aliphatic heterocycles. The lowest BCUT2D eigenvalue weighted by Gasteiger charge is -2.32. The van der Waals surface area contributed by atoms with Crippen molar-refractivity contribution < 1.29 is 37.5 Å². The average Bonchev–Trinajstić information content (AvgIpc) is 3.38. The highest BCUT2D eigenvalue weighted by Gasteiger charge is 2.51. The van der Waals surface area contributed by atoms with Crippen molar-refractivity contribution in [1.29, 1.82) is 0 Å². The van der Waals surface area contributed by atoms with E-state index in [9.17, 15) is 37.5 Å². The van der Waals surface area contributed by atoms with Gasteiger partial charge in [-0.2, -0.15) is 8.78 Å². The third-order valence-corrected chi connectivity index (χ3v) is 6.89. The molecule has 9 nitrogen and oxygen atoms in total. The van der Waals surface area contributed by atoms with Crippen LogP contribution in [0.2, 0.25) is 0 Å². The smallest absolute Gasteiger partial charge is 0.344 e. The van der Waals surface area contributed by atoms with E-state index in [2.05, 4.69) is 10.6 Å². The van der Waals surface area contributed by atoms with Gasteiger partial charge in [-0.05, 0) is 43.6 Å². The molecule has 11 heteroatoms. The fourth-order valence-corrected chi connectivity index (χ4v) is 4.62. The minimum absolute atomic E-state index is 0.0420. The molecule has 220 valence electrons. The molecule has 0 radical (unpaired) electrons. The minimum Gasteiger partial charge on any atom is -0.344 e. The molecule has 1 fully saturated rings. The average molecular weight is 564 g/mol. The van der Waals surface area contributed by atoms with Crippen LogP contribution in [0.1, 0.15) is 65.9 Å². The number of ketones is 3. The van der Waals surface area contributed by atoms with Gasteiger partial charge in [-0.3, -0.25) is 28.8 Å². The molecule has 0 aromatic heterocycles. The van der Waals surface area contributed by atoms with E-state index < -0.39 is 72.1 Å². The summed E-state index contributed by atoms with van der Waals surface area (Å²) >= 11 is 0. The number of alkyl halides is 2. The van der Waals surface area contributed by atoms with E-state index in [1.54, 1.807) is 44.2 Å². The summed E-state index contributed by atoms with van der Waals surface area (Å²) in [6.45, 7) is 7.80. The second-order valence-electron chi connectivity index (χ2n) is 10.9. The normalized spacial score (nSPS) is 16.9. The van der Waals surface area contributed by atoms with E-state index in [1.807, 2.05) is 0 Å². The molecule has 0 bridgehead atoms. The van der Waals surface area contributed by atoms with Gasteiger partial charge in [0.1, 0.15) is 17.9 Å². The Balaban J connectivity index is 2.14. The number of halogens is 2. The molecule has 1 saturated heterocycles. The molecule has 3 amide bonds. The summed E-state index contributed by atoms with van der Waals surface area (Å²) in [7, 11) is 0. The van der Waals surface area contributed by atoms with Crippen LogP contribution in [0.4, 0.5) is 8.78 Å². The number of hydrogen-bond donors (Lipinski definition) is 2. The second-order valence-corrected chi connectivity index (χ2v) is 10.9. The van der Waals surface area contributed by atoms with Crippen molar-refractivity contribution in [3.05, 3.63) is 35.9 Å². The van der Waals surface area contributed by atoms with Crippen molar-refractivity contribution in [2.24, 2.45) is 11.8 Å². The van der Waals surface area contributed by atoms with Gasteiger partial charge in [0, 0.05) is 13.0 Å². The van der Waals surface area contributed by atoms with Crippen molar-refractivity contribution in [2.75, 3.05) is 6.54 Å². The lowest BCUT2D eigenvalue weighted by molar-refractivity contribution is -0.160. The first kappa shape index (κ1) is 32.7. The molecule has 0 aliphatic carbocycles. The Morgan fingerprint density at radius 3 is 2.10 bits per heavy atom. The summed E-state index contributed by atoms with van der Waals surface area (Å²) in [5, 5.41) is 4.91. The SMILES string of the molecule is CC(=O)CC(=O)N[C@H](C(=O)N1CCCC1C(=O)N[C@H](C(=O)C(F)(F)C(=O)CCc1ccccc1)C(C)C)C(C)C. The second kappa shape index (κ2) is 14.2. The van der Waals surface area contributed by atoms with E-state index in [-0.39, 0.29) is 31.1 Å². The zero-order chi connectivity index (χ0) is 30.2. The lowest BCUT2D eigenvalue weighted by atomic mass is 9.92. The number of rotatable bonds is 14. The summed E-state index contributed by atoms with van der Waals surface area (Å²) in [4.78, 5) is 76.5. The number of Topliss-reactive ketones (excluding diaryl/α,β-unsaturated/α-hetero) is 3. The number of hydrogen-bond acceptors (Lipinski definition) is 6. The molecule has 1 aliphatic rings. The Kier molecular flexibility index (Phi) is 11.6. The van der Waals surface area contributed by atoms with Gasteiger partial charge in [0.05, 0.1) is 12.5 Å². The van der Waals surface area contributed by atoms with E-state index in [0.29, 0.717) is 12.0 Å². The highest BCUT2D eigenvalue weighted by molar-refractivity contribution is 6.11. The first-order valence-corrected chi connectivity index (χ1v) is 13.6. The van der Waals surface area contributed by atoms with Gasteiger partial charge < -0.3 is 15.5 Å². The summed E-state index contributed by atoms with van der Waals surface area (Å²) in [5.74, 6) is -11.0. The van der Waals surface area contributed by atoms with Crippen molar-refractivity contribution in [3.63, 3.8) is 0 Å². The van der Waals surface area contributed by atoms with Crippen LogP contribution >= 0.6 is 0 Å². The van der Waals surface area contributed by atoms with E-state index in [4.69, 9.17) is 0 Å². The maximum Gasteiger partial charge on any atom is 0.364 e. The van der Waals surface area contributed by atoms with Crippen LogP contribution in [0, 0.1) is 11.8 Å². The molecular weight excluding hydrogens is 524 g/mol. The Hall–Kier alpha value is -3.50. The molecule has 40 heavy (non-hydrogen) atoms. The predicted octanol–water partition coefficient (Wildman–Crippen LogP) is 2.64. The van der Waals surface area contributed by atoms with Gasteiger partial charge in [0.2, 0.25) is 29.3 Å². The van der Waals surface area contributed by atoms with Gasteiger partial charge in [-0.25, -0.2) is 0 Å². The van der Waals surface area contributed by atoms with Gasteiger partial charge in [-0.15, -0.1) is 0 Å². The summed E-state index contributed by atoms with van der Waals surface area (Å²) < 4.78 is 30.0. The minimum atomic E-state index is -4.30. The number of nitrogens with zero attached hydrogens (tertiary/aromatic N) is 1. The molecular formula is C29H39F2N3O6. The standard InChI is InChI=1S/C29H39F2N3O6/c1-17(2)24(26(38)29(30,31)22(36)14-13-20-10-7-6-8-11-20)33-27(39)21-12-9-15-34(21)28(40)25(18(3)4)32-23(37)16-19(5)35/h6-8,10-11,17-18,21,24-25H,9,12-16H2,1-5H3,(H,32,37)(H,33,39)/t21?,24-,25-/m0/s1. The predicted molar refractivity (Wildman–Crippen MR) is 143 cm³/mol. The number of benzene rings is 1. The van der Waals surface area contributed by atoms with Gasteiger partial charge in [-0.1, -0.05) is 58.0 Å². The molecule has 2 N–H and O–H groups in total. The first-order chi connectivity index (χ1) is 18.7. The van der Waals surface area contributed by atoms with Crippen LogP contribution in [0.15, 0.2) is 30.3 Å². The largest absolute Gasteiger partial charge is 0.364 e. The van der Waals surface area contributed by atoms with Crippen LogP contribution in [0.3, 0.4) is 0 Å². The monoisotopic (exact) mass is 563 g/mol. The zero-order valence-corrected chi connectivity index (χ0v) is 23.7. The van der Waals surface area contributed by atoms with Crippen LogP contribution in [0.25, 0.3) is 0 Å². The number of carbonyl (C=O) groups is 6. The number of nitrogens with one attached hydrogen (secondary N) is 2. The number of likely N-dealkylation sites (tertiary alicyclic amines) is 1. The molecule has 1 aromatic rings. The van der Waals surface area contributed by atoms with Crippen molar-refractivity contribution in [1.82, 2.24) is 15.5 Å². The number of aryl methyl sites for hydroxylation is 1. The van der Waals surface area contributed by atoms with E-state index >= 15 is 0 Å². The summed E-state index contributed by atoms with van der Waals surface area (Å²) in [6, 6.07) is 4.87. The Bertz CT molecular complexity index is 1110. The Morgan fingerprint density at radius 1 is 0.950 bits per heavy atom. The first-order valence-electron chi connectivity index (χ1n) is 13.6. The fraction of sp³-hybridized carbons (Fsp3) is 0.586. The summed E-state index contributed by atoms with van der Waals surface area (Å²) in [5.41, 5.74) is 0.677. The van der Waals surface area contributed by atoms with Crippen LogP contribution in [-0.4, -0.2) is 70.6 Å². The van der Waals surface area contributed by atoms with Crippen molar-refractivity contribution >= 4 is 35.1 Å². The quantitative estimate of drug-likeness (QED) is 0.335. The van der Waals surface area contributed by atoms with Crippen LogP contribution in [0.5, 0.6) is 0 Å². The maximum absolute atomic E-state index is 15.0. The molecule has 1 heterocycles. The number of carbonyl (C=O) groups excluding carboxylic acids is 6. The van der Waals surface area contributed by atoms with Gasteiger partial charge in [0.25, 0.3) is 0 Å². The van der Waals surface area contributed by atoms with E-state index in [1.165, 1.54) is 25.7 Å². The topological polar surface area (TPSA) is 130 Å². The maximum atomic E-state index is 15.0. The molecule has 1 aromatic carbocycles. The van der Waals surface area contributed by atoms with E-state index in [0.717, 1.165) is 0 Å². The van der Waals surface area contributed by atoms with Crippen molar-refractivity contribution in [2.45, 2.75) is 90.8 Å². The third kappa shape index (κ3) is 8.50. The highest BCUT2D eigenvalue weighted by Crippen LogP contribution is 2.25. The van der Waals surface area contributed by atoms with Gasteiger partial charge >= 0.3 is 5.92 Å². The van der Waals surface area contributed by atoms with Crippen molar-refractivity contribution in [3.8, 4) is 0 Å². The fourth-order valence-electron chi connectivity index (χ4n) is 4.62. The molecule has 0 spiro atoms. The molecule has 0 saturated carbocycles. The zero-order valence-electron chi connectivity index (χ0n) is 23.7. The van der Waals surface area contributed by atoms with Crippen LogP contribution in [-0.2, 0) is 35.2 Å². The summed E-state index contributed by atoms with van der Waals surface area (Å²) in [6.07, 6.45) is -0.213. The molecule has 2 rings (SSSR count). The Morgan fingerprint density at radius 2 is 1.55 bits per heavy atom. The van der Waals surface area contributed by atoms with Gasteiger partial charge in [0.15, 0.2) is 0 Å². The third-order valence-electron chi connectivity index (χ3n) is 6.89. The number of amides is 3. The Labute approximate surface area is 233 Å². The molecule has 1 unspecified atom stereocenters. The highest BCUT2D eigenvalue weighted by atomic mass is 19.3. The van der Waals surface area contributed by atoms with Crippen LogP contribution < -0.4 is 10.6 Å². The molecule has 3 atom stereocenters. The lowest BCUT2D eigenvalue weighted by Crippen LogP contribution is -2.59.